The van der Waals surface area contributed by atoms with Crippen molar-refractivity contribution in [1.29, 1.82) is 0 Å². The molecule has 3 nitrogen and oxygen atoms in total. The number of aromatic hydroxyl groups is 2. The van der Waals surface area contributed by atoms with E-state index in [1.807, 2.05) is 30.3 Å². The molecule has 2 aromatic carbocycles. The molecule has 0 atom stereocenters. The topological polar surface area (TPSA) is 52.8 Å². The van der Waals surface area contributed by atoms with E-state index in [0.29, 0.717) is 10.6 Å². The molecule has 0 aliphatic carbocycles. The van der Waals surface area contributed by atoms with Crippen molar-refractivity contribution in [1.82, 2.24) is 0 Å². The lowest BCUT2D eigenvalue weighted by Gasteiger charge is -2.26. The van der Waals surface area contributed by atoms with E-state index in [2.05, 4.69) is 52.6 Å². The highest BCUT2D eigenvalue weighted by molar-refractivity contribution is 7.21. The van der Waals surface area contributed by atoms with Crippen molar-refractivity contribution in [3.8, 4) is 11.5 Å². The van der Waals surface area contributed by atoms with Gasteiger partial charge >= 0.3 is 0 Å². The van der Waals surface area contributed by atoms with Gasteiger partial charge in [0.25, 0.3) is 0 Å². The summed E-state index contributed by atoms with van der Waals surface area (Å²) in [5.74, 6) is 0.439. The lowest BCUT2D eigenvalue weighted by Crippen LogP contribution is -2.16. The first kappa shape index (κ1) is 19.4. The van der Waals surface area contributed by atoms with Gasteiger partial charge in [-0.15, -0.1) is 11.3 Å². The van der Waals surface area contributed by atoms with Crippen LogP contribution >= 0.6 is 11.3 Å². The van der Waals surface area contributed by atoms with E-state index in [1.165, 1.54) is 11.3 Å². The lowest BCUT2D eigenvalue weighted by molar-refractivity contribution is 0.446. The molecule has 1 aromatic heterocycles. The smallest absolute Gasteiger partial charge is 0.144 e. The zero-order valence-corrected chi connectivity index (χ0v) is 17.6. The standard InChI is InChI=1S/C23H27NO2S/c1-22(2,3)14-11-16(23(4,5)6)21(26)17(12-14)24-13-19-20(25)15-9-7-8-10-18(15)27-19/h7-13,25-26H,1-6H3. The lowest BCUT2D eigenvalue weighted by atomic mass is 9.80. The molecular weight excluding hydrogens is 354 g/mol. The predicted molar refractivity (Wildman–Crippen MR) is 116 cm³/mol. The van der Waals surface area contributed by atoms with Gasteiger partial charge in [-0.25, -0.2) is 0 Å². The Kier molecular flexibility index (Phi) is 4.81. The van der Waals surface area contributed by atoms with Crippen molar-refractivity contribution in [3.63, 3.8) is 0 Å². The molecule has 0 aliphatic heterocycles. The fourth-order valence-electron chi connectivity index (χ4n) is 2.99. The number of nitrogens with zero attached hydrogens (tertiary/aromatic N) is 1. The van der Waals surface area contributed by atoms with Gasteiger partial charge in [0, 0.05) is 21.9 Å². The van der Waals surface area contributed by atoms with E-state index in [4.69, 9.17) is 0 Å². The zero-order chi connectivity index (χ0) is 20.0. The third-order valence-corrected chi connectivity index (χ3v) is 5.77. The molecule has 3 rings (SSSR count). The third-order valence-electron chi connectivity index (χ3n) is 4.68. The minimum Gasteiger partial charge on any atom is -0.506 e. The highest BCUT2D eigenvalue weighted by Gasteiger charge is 2.24. The first-order valence-electron chi connectivity index (χ1n) is 9.11. The van der Waals surface area contributed by atoms with Crippen LogP contribution in [0.15, 0.2) is 41.4 Å². The molecule has 1 heterocycles. The summed E-state index contributed by atoms with van der Waals surface area (Å²) in [5, 5.41) is 22.1. The Labute approximate surface area is 165 Å². The first-order valence-corrected chi connectivity index (χ1v) is 9.92. The van der Waals surface area contributed by atoms with Crippen LogP contribution in [0.4, 0.5) is 5.69 Å². The Hall–Kier alpha value is -2.33. The molecule has 0 radical (unpaired) electrons. The van der Waals surface area contributed by atoms with Gasteiger partial charge in [0.15, 0.2) is 0 Å². The van der Waals surface area contributed by atoms with Gasteiger partial charge < -0.3 is 10.2 Å². The van der Waals surface area contributed by atoms with Gasteiger partial charge in [0.1, 0.15) is 17.2 Å². The summed E-state index contributed by atoms with van der Waals surface area (Å²) in [7, 11) is 0. The minimum atomic E-state index is -0.199. The number of thiophene rings is 1. The Balaban J connectivity index is 2.12. The van der Waals surface area contributed by atoms with Crippen molar-refractivity contribution >= 4 is 33.3 Å². The van der Waals surface area contributed by atoms with E-state index < -0.39 is 0 Å². The average Bonchev–Trinajstić information content (AvgIpc) is 2.88. The molecule has 3 aromatic rings. The maximum atomic E-state index is 10.8. The van der Waals surface area contributed by atoms with Crippen LogP contribution in [0.25, 0.3) is 10.1 Å². The van der Waals surface area contributed by atoms with E-state index in [1.54, 1.807) is 6.21 Å². The van der Waals surface area contributed by atoms with Crippen molar-refractivity contribution in [2.75, 3.05) is 0 Å². The largest absolute Gasteiger partial charge is 0.506 e. The average molecular weight is 382 g/mol. The molecule has 27 heavy (non-hydrogen) atoms. The summed E-state index contributed by atoms with van der Waals surface area (Å²) < 4.78 is 1.01. The summed E-state index contributed by atoms with van der Waals surface area (Å²) >= 11 is 1.49. The molecular formula is C23H27NO2S. The summed E-state index contributed by atoms with van der Waals surface area (Å²) in [6.45, 7) is 12.7. The highest BCUT2D eigenvalue weighted by Crippen LogP contribution is 2.42. The Bertz CT molecular complexity index is 1020. The number of fused-ring (bicyclic) bond motifs is 1. The fourth-order valence-corrected chi connectivity index (χ4v) is 3.96. The van der Waals surface area contributed by atoms with Crippen LogP contribution in [-0.4, -0.2) is 16.4 Å². The quantitative estimate of drug-likeness (QED) is 0.488. The van der Waals surface area contributed by atoms with Gasteiger partial charge in [-0.05, 0) is 34.6 Å². The van der Waals surface area contributed by atoms with Crippen LogP contribution in [0, 0.1) is 0 Å². The molecule has 0 amide bonds. The third kappa shape index (κ3) is 3.86. The molecule has 0 saturated heterocycles. The Morgan fingerprint density at radius 2 is 1.56 bits per heavy atom. The predicted octanol–water partition coefficient (Wildman–Crippen LogP) is 6.66. The normalized spacial score (nSPS) is 13.0. The van der Waals surface area contributed by atoms with E-state index in [0.717, 1.165) is 21.2 Å². The van der Waals surface area contributed by atoms with Gasteiger partial charge in [-0.3, -0.25) is 4.99 Å². The summed E-state index contributed by atoms with van der Waals surface area (Å²) in [4.78, 5) is 5.24. The van der Waals surface area contributed by atoms with Gasteiger partial charge in [-0.1, -0.05) is 59.7 Å². The molecule has 2 N–H and O–H groups in total. The zero-order valence-electron chi connectivity index (χ0n) is 16.8. The number of benzene rings is 2. The number of hydrogen-bond acceptors (Lipinski definition) is 4. The van der Waals surface area contributed by atoms with Crippen molar-refractivity contribution in [2.45, 2.75) is 52.4 Å². The van der Waals surface area contributed by atoms with E-state index >= 15 is 0 Å². The van der Waals surface area contributed by atoms with Gasteiger partial charge in [0.2, 0.25) is 0 Å². The summed E-state index contributed by atoms with van der Waals surface area (Å²) in [6, 6.07) is 11.7. The number of phenols is 1. The van der Waals surface area contributed by atoms with E-state index in [9.17, 15) is 10.2 Å². The second-order valence-corrected chi connectivity index (χ2v) is 10.0. The fraction of sp³-hybridized carbons (Fsp3) is 0.348. The second kappa shape index (κ2) is 6.68. The molecule has 0 aliphatic rings. The first-order chi connectivity index (χ1) is 12.5. The summed E-state index contributed by atoms with van der Waals surface area (Å²) in [6.07, 6.45) is 1.65. The van der Waals surface area contributed by atoms with Crippen LogP contribution < -0.4 is 0 Å². The number of hydrogen-bond donors (Lipinski definition) is 2. The Morgan fingerprint density at radius 3 is 2.15 bits per heavy atom. The number of rotatable bonds is 2. The maximum Gasteiger partial charge on any atom is 0.144 e. The molecule has 142 valence electrons. The van der Waals surface area contributed by atoms with Crippen LogP contribution in [-0.2, 0) is 10.8 Å². The van der Waals surface area contributed by atoms with Crippen LogP contribution in [0.5, 0.6) is 11.5 Å². The Morgan fingerprint density at radius 1 is 0.889 bits per heavy atom. The van der Waals surface area contributed by atoms with Crippen LogP contribution in [0.1, 0.15) is 57.5 Å². The SMILES string of the molecule is CC(C)(C)c1cc(N=Cc2sc3ccccc3c2O)c(O)c(C(C)(C)C)c1. The maximum absolute atomic E-state index is 10.8. The second-order valence-electron chi connectivity index (χ2n) is 8.96. The van der Waals surface area contributed by atoms with Gasteiger partial charge in [0.05, 0.1) is 4.88 Å². The van der Waals surface area contributed by atoms with Crippen LogP contribution in [0.2, 0.25) is 0 Å². The molecule has 4 heteroatoms. The van der Waals surface area contributed by atoms with Crippen molar-refractivity contribution < 1.29 is 10.2 Å². The van der Waals surface area contributed by atoms with Crippen molar-refractivity contribution in [3.05, 3.63) is 52.4 Å². The van der Waals surface area contributed by atoms with Crippen molar-refractivity contribution in [2.24, 2.45) is 4.99 Å². The summed E-state index contributed by atoms with van der Waals surface area (Å²) in [5.41, 5.74) is 2.28. The molecule has 0 saturated carbocycles. The van der Waals surface area contributed by atoms with E-state index in [-0.39, 0.29) is 22.3 Å². The molecule has 0 unspecified atom stereocenters. The molecule has 0 spiro atoms. The highest BCUT2D eigenvalue weighted by atomic mass is 32.1. The number of phenolic OH excluding ortho intramolecular Hbond substituents is 1. The minimum absolute atomic E-state index is 0.0578. The molecule has 0 bridgehead atoms. The number of aliphatic imine (C=N–C) groups is 1. The van der Waals surface area contributed by atoms with Crippen LogP contribution in [0.3, 0.4) is 0 Å². The van der Waals surface area contributed by atoms with Gasteiger partial charge in [-0.2, -0.15) is 0 Å². The monoisotopic (exact) mass is 381 g/mol. The molecule has 0 fully saturated rings.